The fourth-order valence-corrected chi connectivity index (χ4v) is 2.06. The van der Waals surface area contributed by atoms with Gasteiger partial charge in [0.15, 0.2) is 5.78 Å². The molecule has 0 bridgehead atoms. The third-order valence-electron chi connectivity index (χ3n) is 3.05. The van der Waals surface area contributed by atoms with Gasteiger partial charge in [0.1, 0.15) is 0 Å². The lowest BCUT2D eigenvalue weighted by Gasteiger charge is -2.32. The van der Waals surface area contributed by atoms with E-state index in [1.54, 1.807) is 24.3 Å². The summed E-state index contributed by atoms with van der Waals surface area (Å²) in [4.78, 5) is 23.7. The van der Waals surface area contributed by atoms with Crippen LogP contribution in [0.25, 0.3) is 6.08 Å². The number of ketones is 1. The van der Waals surface area contributed by atoms with Crippen molar-refractivity contribution in [3.8, 4) is 0 Å². The average Bonchev–Trinajstić information content (AvgIpc) is 2.46. The molecular weight excluding hydrogens is 244 g/mol. The van der Waals surface area contributed by atoms with E-state index in [0.717, 1.165) is 5.56 Å². The van der Waals surface area contributed by atoms with Gasteiger partial charge in [-0.05, 0) is 11.6 Å². The summed E-state index contributed by atoms with van der Waals surface area (Å²) in [5.41, 5.74) is 0.0143. The summed E-state index contributed by atoms with van der Waals surface area (Å²) in [6, 6.07) is 7.12. The molecule has 1 heterocycles. The minimum absolute atomic E-state index is 0.0726. The molecule has 1 atom stereocenters. The summed E-state index contributed by atoms with van der Waals surface area (Å²) < 4.78 is 10.3. The summed E-state index contributed by atoms with van der Waals surface area (Å²) in [5, 5.41) is 0. The van der Waals surface area contributed by atoms with Crippen molar-refractivity contribution in [2.75, 3.05) is 7.11 Å². The molecule has 19 heavy (non-hydrogen) atoms. The minimum atomic E-state index is -1.40. The zero-order valence-corrected chi connectivity index (χ0v) is 10.6. The second-order valence-electron chi connectivity index (χ2n) is 4.21. The number of esters is 1. The van der Waals surface area contributed by atoms with Gasteiger partial charge in [0.2, 0.25) is 5.60 Å². The number of hydrogen-bond donors (Lipinski definition) is 0. The smallest absolute Gasteiger partial charge is 0.355 e. The van der Waals surface area contributed by atoms with E-state index in [2.05, 4.69) is 6.58 Å². The third kappa shape index (κ3) is 2.29. The van der Waals surface area contributed by atoms with Gasteiger partial charge in [-0.1, -0.05) is 30.9 Å². The molecule has 0 fully saturated rings. The SMILES string of the molecule is C=Cc1cccc([C@]2(C(=O)OC)CC(=O)C=CO2)c1. The number of rotatable bonds is 3. The molecule has 0 saturated carbocycles. The van der Waals surface area contributed by atoms with Gasteiger partial charge < -0.3 is 9.47 Å². The Balaban J connectivity index is 2.54. The standard InChI is InChI=1S/C15H14O4/c1-3-11-5-4-6-12(9-11)15(14(17)18-2)10-13(16)7-8-19-15/h3-9H,1,10H2,2H3/t15-/m0/s1. The topological polar surface area (TPSA) is 52.6 Å². The Morgan fingerprint density at radius 3 is 2.95 bits per heavy atom. The van der Waals surface area contributed by atoms with Gasteiger partial charge in [-0.3, -0.25) is 4.79 Å². The van der Waals surface area contributed by atoms with Gasteiger partial charge in [0, 0.05) is 11.6 Å². The molecule has 0 saturated heterocycles. The van der Waals surface area contributed by atoms with Crippen LogP contribution in [-0.2, 0) is 24.7 Å². The first-order valence-electron chi connectivity index (χ1n) is 5.81. The third-order valence-corrected chi connectivity index (χ3v) is 3.05. The molecule has 1 aliphatic rings. The first-order chi connectivity index (χ1) is 9.12. The van der Waals surface area contributed by atoms with Crippen LogP contribution < -0.4 is 0 Å². The van der Waals surface area contributed by atoms with Gasteiger partial charge in [-0.25, -0.2) is 4.79 Å². The van der Waals surface area contributed by atoms with Gasteiger partial charge in [-0.15, -0.1) is 0 Å². The van der Waals surface area contributed by atoms with Crippen LogP contribution in [0.1, 0.15) is 17.5 Å². The maximum atomic E-state index is 12.1. The molecule has 0 N–H and O–H groups in total. The lowest BCUT2D eigenvalue weighted by atomic mass is 9.86. The zero-order valence-electron chi connectivity index (χ0n) is 10.6. The maximum Gasteiger partial charge on any atom is 0.355 e. The predicted molar refractivity (Wildman–Crippen MR) is 70.1 cm³/mol. The number of benzene rings is 1. The van der Waals surface area contributed by atoms with Crippen LogP contribution in [0, 0.1) is 0 Å². The molecule has 0 unspecified atom stereocenters. The Hall–Kier alpha value is -2.36. The molecule has 1 aromatic rings. The van der Waals surface area contributed by atoms with E-state index in [1.807, 2.05) is 6.07 Å². The highest BCUT2D eigenvalue weighted by Crippen LogP contribution is 2.35. The van der Waals surface area contributed by atoms with Crippen molar-refractivity contribution in [1.82, 2.24) is 0 Å². The molecule has 4 nitrogen and oxygen atoms in total. The lowest BCUT2D eigenvalue weighted by Crippen LogP contribution is -2.42. The van der Waals surface area contributed by atoms with Crippen LogP contribution in [0.4, 0.5) is 0 Å². The van der Waals surface area contributed by atoms with E-state index in [0.29, 0.717) is 5.56 Å². The summed E-state index contributed by atoms with van der Waals surface area (Å²) >= 11 is 0. The summed E-state index contributed by atoms with van der Waals surface area (Å²) in [6.45, 7) is 3.68. The molecule has 1 aliphatic heterocycles. The van der Waals surface area contributed by atoms with Crippen molar-refractivity contribution in [2.24, 2.45) is 0 Å². The molecule has 1 aromatic carbocycles. The zero-order chi connectivity index (χ0) is 13.9. The average molecular weight is 258 g/mol. The Labute approximate surface area is 111 Å². The second kappa shape index (κ2) is 5.10. The Morgan fingerprint density at radius 2 is 2.32 bits per heavy atom. The van der Waals surface area contributed by atoms with E-state index in [4.69, 9.17) is 9.47 Å². The van der Waals surface area contributed by atoms with Gasteiger partial charge in [0.05, 0.1) is 19.8 Å². The van der Waals surface area contributed by atoms with Crippen molar-refractivity contribution in [1.29, 1.82) is 0 Å². The fourth-order valence-electron chi connectivity index (χ4n) is 2.06. The van der Waals surface area contributed by atoms with Gasteiger partial charge in [0.25, 0.3) is 0 Å². The Kier molecular flexibility index (Phi) is 3.51. The molecule has 0 spiro atoms. The van der Waals surface area contributed by atoms with Crippen LogP contribution >= 0.6 is 0 Å². The second-order valence-corrected chi connectivity index (χ2v) is 4.21. The number of methoxy groups -OCH3 is 1. The van der Waals surface area contributed by atoms with Crippen LogP contribution in [0.3, 0.4) is 0 Å². The van der Waals surface area contributed by atoms with E-state index in [9.17, 15) is 9.59 Å². The van der Waals surface area contributed by atoms with Crippen LogP contribution in [0.15, 0.2) is 43.2 Å². The van der Waals surface area contributed by atoms with Crippen LogP contribution in [-0.4, -0.2) is 18.9 Å². The molecule has 4 heteroatoms. The molecule has 98 valence electrons. The number of allylic oxidation sites excluding steroid dienone is 1. The van der Waals surface area contributed by atoms with Crippen LogP contribution in [0.2, 0.25) is 0 Å². The molecule has 2 rings (SSSR count). The number of carbonyl (C=O) groups excluding carboxylic acids is 2. The van der Waals surface area contributed by atoms with Crippen molar-refractivity contribution in [2.45, 2.75) is 12.0 Å². The molecular formula is C15H14O4. The summed E-state index contributed by atoms with van der Waals surface area (Å²) in [6.07, 6.45) is 4.13. The molecule has 0 amide bonds. The largest absolute Gasteiger partial charge is 0.478 e. The fraction of sp³-hybridized carbons (Fsp3) is 0.200. The van der Waals surface area contributed by atoms with Crippen molar-refractivity contribution < 1.29 is 19.1 Å². The van der Waals surface area contributed by atoms with Gasteiger partial charge >= 0.3 is 5.97 Å². The van der Waals surface area contributed by atoms with Crippen molar-refractivity contribution >= 4 is 17.8 Å². The minimum Gasteiger partial charge on any atom is -0.478 e. The molecule has 0 radical (unpaired) electrons. The van der Waals surface area contributed by atoms with Crippen LogP contribution in [0.5, 0.6) is 0 Å². The highest BCUT2D eigenvalue weighted by Gasteiger charge is 2.46. The normalized spacial score (nSPS) is 21.6. The number of carbonyl (C=O) groups is 2. The van der Waals surface area contributed by atoms with Crippen molar-refractivity contribution in [3.63, 3.8) is 0 Å². The highest BCUT2D eigenvalue weighted by atomic mass is 16.6. The molecule has 0 aliphatic carbocycles. The quantitative estimate of drug-likeness (QED) is 0.780. The predicted octanol–water partition coefficient (Wildman–Crippen LogP) is 2.20. The lowest BCUT2D eigenvalue weighted by molar-refractivity contribution is -0.168. The summed E-state index contributed by atoms with van der Waals surface area (Å²) in [7, 11) is 1.27. The monoisotopic (exact) mass is 258 g/mol. The van der Waals surface area contributed by atoms with Gasteiger partial charge in [-0.2, -0.15) is 0 Å². The first-order valence-corrected chi connectivity index (χ1v) is 5.81. The highest BCUT2D eigenvalue weighted by molar-refractivity contribution is 5.96. The van der Waals surface area contributed by atoms with E-state index < -0.39 is 11.6 Å². The first kappa shape index (κ1) is 13.1. The Morgan fingerprint density at radius 1 is 1.53 bits per heavy atom. The molecule has 0 aromatic heterocycles. The number of hydrogen-bond acceptors (Lipinski definition) is 4. The maximum absolute atomic E-state index is 12.1. The van der Waals surface area contributed by atoms with E-state index in [-0.39, 0.29) is 12.2 Å². The number of ether oxygens (including phenoxy) is 2. The van der Waals surface area contributed by atoms with Crippen molar-refractivity contribution in [3.05, 3.63) is 54.3 Å². The Bertz CT molecular complexity index is 559. The van der Waals surface area contributed by atoms with E-state index in [1.165, 1.54) is 19.4 Å². The summed E-state index contributed by atoms with van der Waals surface area (Å²) in [5.74, 6) is -0.771. The van der Waals surface area contributed by atoms with E-state index >= 15 is 0 Å².